The lowest BCUT2D eigenvalue weighted by Crippen LogP contribution is -2.31. The molecule has 0 rings (SSSR count). The van der Waals surface area contributed by atoms with E-state index in [9.17, 15) is 0 Å². The molecular weight excluding hydrogens is 214 g/mol. The van der Waals surface area contributed by atoms with Gasteiger partial charge in [0.1, 0.15) is 0 Å². The van der Waals surface area contributed by atoms with Crippen molar-refractivity contribution in [1.29, 1.82) is 0 Å². The van der Waals surface area contributed by atoms with Gasteiger partial charge in [-0.2, -0.15) is 0 Å². The summed E-state index contributed by atoms with van der Waals surface area (Å²) < 4.78 is 0. The molecule has 0 fully saturated rings. The van der Waals surface area contributed by atoms with Gasteiger partial charge in [-0.15, -0.1) is 0 Å². The van der Waals surface area contributed by atoms with Gasteiger partial charge in [0.2, 0.25) is 0 Å². The van der Waals surface area contributed by atoms with E-state index < -0.39 is 0 Å². The Labute approximate surface area is 85.7 Å². The van der Waals surface area contributed by atoms with Crippen LogP contribution in [0.5, 0.6) is 0 Å². The van der Waals surface area contributed by atoms with Gasteiger partial charge in [-0.05, 0) is 39.3 Å². The van der Waals surface area contributed by atoms with E-state index in [1.807, 2.05) is 0 Å². The number of nitrogens with zero attached hydrogens (tertiary/aromatic N) is 1. The minimum atomic E-state index is 0.664. The first-order valence-corrected chi connectivity index (χ1v) is 5.96. The van der Waals surface area contributed by atoms with Gasteiger partial charge < -0.3 is 4.90 Å². The molecule has 0 saturated heterocycles. The number of halogens is 1. The molecule has 0 spiro atoms. The molecule has 1 atom stereocenters. The lowest BCUT2D eigenvalue weighted by atomic mass is 10.1. The third kappa shape index (κ3) is 6.01. The monoisotopic (exact) mass is 235 g/mol. The maximum Gasteiger partial charge on any atom is 0.0185 e. The van der Waals surface area contributed by atoms with Crippen LogP contribution in [0.25, 0.3) is 0 Å². The van der Waals surface area contributed by atoms with Crippen molar-refractivity contribution in [2.24, 2.45) is 5.92 Å². The fourth-order valence-corrected chi connectivity index (χ4v) is 1.58. The fraction of sp³-hybridized carbons (Fsp3) is 1.00. The van der Waals surface area contributed by atoms with E-state index in [0.29, 0.717) is 6.04 Å². The fourth-order valence-electron chi connectivity index (χ4n) is 1.09. The topological polar surface area (TPSA) is 3.24 Å². The third-order valence-corrected chi connectivity index (χ3v) is 3.21. The van der Waals surface area contributed by atoms with Crippen LogP contribution < -0.4 is 0 Å². The minimum absolute atomic E-state index is 0.664. The van der Waals surface area contributed by atoms with Crippen LogP contribution in [-0.2, 0) is 0 Å². The lowest BCUT2D eigenvalue weighted by Gasteiger charge is -2.22. The van der Waals surface area contributed by atoms with E-state index in [-0.39, 0.29) is 0 Å². The van der Waals surface area contributed by atoms with Crippen LogP contribution >= 0.6 is 15.9 Å². The Morgan fingerprint density at radius 1 is 1.25 bits per heavy atom. The van der Waals surface area contributed by atoms with Crippen molar-refractivity contribution in [2.75, 3.05) is 18.9 Å². The standard InChI is InChI=1S/C10H22BrN/c1-9(2)6-5-7-12(4)10(3)8-11/h9-10H,5-8H2,1-4H3. The molecule has 0 aliphatic heterocycles. The van der Waals surface area contributed by atoms with Crippen LogP contribution in [0.4, 0.5) is 0 Å². The molecule has 0 aromatic carbocycles. The number of hydrogen-bond acceptors (Lipinski definition) is 1. The Kier molecular flexibility index (Phi) is 7.16. The predicted octanol–water partition coefficient (Wildman–Crippen LogP) is 3.14. The second kappa shape index (κ2) is 6.90. The molecule has 0 bridgehead atoms. The molecule has 1 nitrogen and oxygen atoms in total. The normalized spacial score (nSPS) is 14.2. The van der Waals surface area contributed by atoms with Crippen molar-refractivity contribution in [3.05, 3.63) is 0 Å². The van der Waals surface area contributed by atoms with E-state index in [1.54, 1.807) is 0 Å². The molecule has 74 valence electrons. The summed E-state index contributed by atoms with van der Waals surface area (Å²) in [6.07, 6.45) is 2.67. The van der Waals surface area contributed by atoms with Gasteiger partial charge >= 0.3 is 0 Å². The molecule has 0 radical (unpaired) electrons. The van der Waals surface area contributed by atoms with Crippen LogP contribution in [0.3, 0.4) is 0 Å². The summed E-state index contributed by atoms with van der Waals surface area (Å²) in [6, 6.07) is 0.664. The summed E-state index contributed by atoms with van der Waals surface area (Å²) in [7, 11) is 2.20. The Morgan fingerprint density at radius 3 is 2.25 bits per heavy atom. The summed E-state index contributed by atoms with van der Waals surface area (Å²) in [5, 5.41) is 1.07. The Hall–Kier alpha value is 0.440. The summed E-state index contributed by atoms with van der Waals surface area (Å²) in [4.78, 5) is 2.41. The molecule has 12 heavy (non-hydrogen) atoms. The highest BCUT2D eigenvalue weighted by Gasteiger charge is 2.06. The van der Waals surface area contributed by atoms with Crippen molar-refractivity contribution < 1.29 is 0 Å². The van der Waals surface area contributed by atoms with Crippen molar-refractivity contribution in [1.82, 2.24) is 4.90 Å². The van der Waals surface area contributed by atoms with Gasteiger partial charge in [-0.3, -0.25) is 0 Å². The third-order valence-electron chi connectivity index (χ3n) is 2.27. The zero-order chi connectivity index (χ0) is 9.56. The summed E-state index contributed by atoms with van der Waals surface area (Å²) in [5.41, 5.74) is 0. The van der Waals surface area contributed by atoms with E-state index >= 15 is 0 Å². The molecule has 2 heteroatoms. The zero-order valence-electron chi connectivity index (χ0n) is 8.81. The highest BCUT2D eigenvalue weighted by Crippen LogP contribution is 2.06. The van der Waals surface area contributed by atoms with Crippen molar-refractivity contribution in [3.63, 3.8) is 0 Å². The molecule has 1 unspecified atom stereocenters. The van der Waals surface area contributed by atoms with Crippen LogP contribution in [0.2, 0.25) is 0 Å². The van der Waals surface area contributed by atoms with Crippen molar-refractivity contribution in [2.45, 2.75) is 39.7 Å². The average Bonchev–Trinajstić information content (AvgIpc) is 2.02. The summed E-state index contributed by atoms with van der Waals surface area (Å²) in [6.45, 7) is 8.05. The van der Waals surface area contributed by atoms with Crippen LogP contribution in [0.1, 0.15) is 33.6 Å². The number of rotatable bonds is 6. The van der Waals surface area contributed by atoms with Crippen LogP contribution in [0.15, 0.2) is 0 Å². The lowest BCUT2D eigenvalue weighted by molar-refractivity contribution is 0.268. The second-order valence-electron chi connectivity index (χ2n) is 4.02. The molecule has 0 heterocycles. The smallest absolute Gasteiger partial charge is 0.0185 e. The second-order valence-corrected chi connectivity index (χ2v) is 4.67. The van der Waals surface area contributed by atoms with Gasteiger partial charge in [-0.25, -0.2) is 0 Å². The molecule has 0 aromatic heterocycles. The van der Waals surface area contributed by atoms with E-state index in [2.05, 4.69) is 48.6 Å². The average molecular weight is 236 g/mol. The predicted molar refractivity (Wildman–Crippen MR) is 60.0 cm³/mol. The SMILES string of the molecule is CC(C)CCCN(C)C(C)CBr. The molecular formula is C10H22BrN. The summed E-state index contributed by atoms with van der Waals surface area (Å²) in [5.74, 6) is 0.845. The maximum atomic E-state index is 3.49. The van der Waals surface area contributed by atoms with Gasteiger partial charge in [0.05, 0.1) is 0 Å². The number of alkyl halides is 1. The van der Waals surface area contributed by atoms with E-state index in [4.69, 9.17) is 0 Å². The minimum Gasteiger partial charge on any atom is -0.303 e. The molecule has 0 aromatic rings. The van der Waals surface area contributed by atoms with Gasteiger partial charge in [0, 0.05) is 11.4 Å². The van der Waals surface area contributed by atoms with Crippen LogP contribution in [0, 0.1) is 5.92 Å². The molecule has 0 amide bonds. The first-order valence-electron chi connectivity index (χ1n) is 4.84. The van der Waals surface area contributed by atoms with Crippen LogP contribution in [-0.4, -0.2) is 29.9 Å². The highest BCUT2D eigenvalue weighted by molar-refractivity contribution is 9.09. The molecule has 0 N–H and O–H groups in total. The largest absolute Gasteiger partial charge is 0.303 e. The number of hydrogen-bond donors (Lipinski definition) is 0. The van der Waals surface area contributed by atoms with E-state index in [0.717, 1.165) is 11.2 Å². The van der Waals surface area contributed by atoms with E-state index in [1.165, 1.54) is 19.4 Å². The Bertz CT molecular complexity index is 104. The first kappa shape index (κ1) is 12.4. The van der Waals surface area contributed by atoms with Gasteiger partial charge in [0.15, 0.2) is 0 Å². The van der Waals surface area contributed by atoms with Gasteiger partial charge in [-0.1, -0.05) is 29.8 Å². The van der Waals surface area contributed by atoms with Crippen molar-refractivity contribution in [3.8, 4) is 0 Å². The van der Waals surface area contributed by atoms with Gasteiger partial charge in [0.25, 0.3) is 0 Å². The molecule has 0 aliphatic carbocycles. The summed E-state index contributed by atoms with van der Waals surface area (Å²) >= 11 is 3.49. The molecule has 0 aliphatic rings. The highest BCUT2D eigenvalue weighted by atomic mass is 79.9. The maximum absolute atomic E-state index is 3.49. The Morgan fingerprint density at radius 2 is 1.83 bits per heavy atom. The van der Waals surface area contributed by atoms with Crippen molar-refractivity contribution >= 4 is 15.9 Å². The Balaban J connectivity index is 3.37. The first-order chi connectivity index (χ1) is 5.57. The quantitative estimate of drug-likeness (QED) is 0.640. The molecule has 0 saturated carbocycles. The zero-order valence-corrected chi connectivity index (χ0v) is 10.4.